The van der Waals surface area contributed by atoms with Gasteiger partial charge in [0.1, 0.15) is 17.1 Å². The van der Waals surface area contributed by atoms with Crippen LogP contribution in [-0.2, 0) is 24.2 Å². The molecular formula is C41H62O6Si. The molecule has 0 fully saturated rings. The van der Waals surface area contributed by atoms with Crippen LogP contribution in [0.15, 0.2) is 78.9 Å². The van der Waals surface area contributed by atoms with E-state index in [-0.39, 0.29) is 0 Å². The van der Waals surface area contributed by atoms with Crippen molar-refractivity contribution in [1.82, 2.24) is 0 Å². The molecule has 0 saturated carbocycles. The van der Waals surface area contributed by atoms with Crippen molar-refractivity contribution in [2.24, 2.45) is 0 Å². The summed E-state index contributed by atoms with van der Waals surface area (Å²) in [5.41, 5.74) is 2.33. The van der Waals surface area contributed by atoms with Gasteiger partial charge in [-0.2, -0.15) is 0 Å². The summed E-state index contributed by atoms with van der Waals surface area (Å²) in [7, 11) is 1.77. The Morgan fingerprint density at radius 2 is 0.896 bits per heavy atom. The van der Waals surface area contributed by atoms with Crippen molar-refractivity contribution in [2.75, 3.05) is 53.9 Å². The Labute approximate surface area is 292 Å². The number of unbranched alkanes of at least 4 members (excludes halogenated alkanes) is 5. The predicted molar refractivity (Wildman–Crippen MR) is 200 cm³/mol. The molecular weight excluding hydrogens is 617 g/mol. The molecule has 6 nitrogen and oxygen atoms in total. The topological polar surface area (TPSA) is 55.4 Å². The molecule has 7 heteroatoms. The van der Waals surface area contributed by atoms with Crippen LogP contribution < -0.4 is 9.47 Å². The normalized spacial score (nSPS) is 12.3. The van der Waals surface area contributed by atoms with Crippen molar-refractivity contribution in [3.8, 4) is 11.5 Å². The van der Waals surface area contributed by atoms with E-state index < -0.39 is 13.9 Å². The number of hydrogen-bond donors (Lipinski definition) is 0. The summed E-state index contributed by atoms with van der Waals surface area (Å²) >= 11 is 0. The third-order valence-electron chi connectivity index (χ3n) is 9.45. The van der Waals surface area contributed by atoms with Crippen LogP contribution in [0.1, 0.15) is 88.8 Å². The van der Waals surface area contributed by atoms with Gasteiger partial charge in [-0.05, 0) is 84.8 Å². The van der Waals surface area contributed by atoms with Crippen LogP contribution in [0.2, 0.25) is 18.1 Å². The number of rotatable bonds is 24. The minimum absolute atomic E-state index is 0.294. The van der Waals surface area contributed by atoms with Crippen LogP contribution in [0.4, 0.5) is 0 Å². The van der Waals surface area contributed by atoms with E-state index in [2.05, 4.69) is 82.4 Å². The van der Waals surface area contributed by atoms with Gasteiger partial charge >= 0.3 is 0 Å². The first-order chi connectivity index (χ1) is 23.1. The Morgan fingerprint density at radius 1 is 0.479 bits per heavy atom. The molecule has 0 spiro atoms. The maximum Gasteiger partial charge on any atom is 0.191 e. The van der Waals surface area contributed by atoms with E-state index in [9.17, 15) is 0 Å². The molecule has 0 saturated heterocycles. The van der Waals surface area contributed by atoms with Crippen molar-refractivity contribution in [3.63, 3.8) is 0 Å². The van der Waals surface area contributed by atoms with E-state index in [0.717, 1.165) is 67.3 Å². The van der Waals surface area contributed by atoms with Crippen LogP contribution in [0.5, 0.6) is 11.5 Å². The first kappa shape index (κ1) is 39.8. The minimum atomic E-state index is -1.60. The van der Waals surface area contributed by atoms with Gasteiger partial charge in [0.05, 0.1) is 20.8 Å². The zero-order valence-electron chi connectivity index (χ0n) is 30.9. The second kappa shape index (κ2) is 20.7. The lowest BCUT2D eigenvalue weighted by atomic mass is 9.80. The standard InChI is InChI=1S/C41H62O6Si/c1-40(2,3)48(6,7)47-34-16-11-9-8-10-15-29-44-30-17-31-45-32-18-33-46-41(35-19-13-12-14-20-35,36-21-25-38(42-4)26-22-36)37-23-27-39(43-5)28-24-37/h12-14,19-28H,8-11,15-18,29-34H2,1-7H3. The van der Waals surface area contributed by atoms with E-state index in [1.807, 2.05) is 30.3 Å². The van der Waals surface area contributed by atoms with Crippen molar-refractivity contribution in [1.29, 1.82) is 0 Å². The van der Waals surface area contributed by atoms with Crippen molar-refractivity contribution in [3.05, 3.63) is 95.6 Å². The van der Waals surface area contributed by atoms with E-state index in [1.165, 1.54) is 32.1 Å². The van der Waals surface area contributed by atoms with Gasteiger partial charge in [0, 0.05) is 33.0 Å². The van der Waals surface area contributed by atoms with Gasteiger partial charge in [-0.25, -0.2) is 0 Å². The summed E-state index contributed by atoms with van der Waals surface area (Å²) in [6, 6.07) is 26.7. The van der Waals surface area contributed by atoms with Crippen molar-refractivity contribution in [2.45, 2.75) is 95.9 Å². The Bertz CT molecular complexity index is 1210. The molecule has 0 amide bonds. The number of methoxy groups -OCH3 is 2. The third kappa shape index (κ3) is 12.3. The van der Waals surface area contributed by atoms with Crippen LogP contribution in [0, 0.1) is 0 Å². The van der Waals surface area contributed by atoms with E-state index in [0.29, 0.717) is 24.9 Å². The average molecular weight is 679 g/mol. The maximum atomic E-state index is 6.89. The van der Waals surface area contributed by atoms with Gasteiger partial charge in [-0.1, -0.05) is 101 Å². The molecule has 0 atom stereocenters. The first-order valence-electron chi connectivity index (χ1n) is 17.9. The zero-order chi connectivity index (χ0) is 34.7. The molecule has 0 aliphatic carbocycles. The lowest BCUT2D eigenvalue weighted by Crippen LogP contribution is -2.40. The first-order valence-corrected chi connectivity index (χ1v) is 20.8. The fourth-order valence-electron chi connectivity index (χ4n) is 5.48. The third-order valence-corrected chi connectivity index (χ3v) is 14.0. The lowest BCUT2D eigenvalue weighted by Gasteiger charge is -2.36. The summed E-state index contributed by atoms with van der Waals surface area (Å²) < 4.78 is 35.9. The van der Waals surface area contributed by atoms with Crippen LogP contribution in [0.25, 0.3) is 0 Å². The summed E-state index contributed by atoms with van der Waals surface area (Å²) in [6.45, 7) is 15.9. The van der Waals surface area contributed by atoms with Gasteiger partial charge < -0.3 is 28.1 Å². The minimum Gasteiger partial charge on any atom is -0.497 e. The summed E-state index contributed by atoms with van der Waals surface area (Å²) in [5.74, 6) is 1.61. The molecule has 0 unspecified atom stereocenters. The van der Waals surface area contributed by atoms with Gasteiger partial charge in [0.2, 0.25) is 0 Å². The molecule has 0 bridgehead atoms. The lowest BCUT2D eigenvalue weighted by molar-refractivity contribution is -0.00211. The Balaban J connectivity index is 1.35. The zero-order valence-corrected chi connectivity index (χ0v) is 31.9. The Morgan fingerprint density at radius 3 is 1.38 bits per heavy atom. The molecule has 0 heterocycles. The highest BCUT2D eigenvalue weighted by Gasteiger charge is 2.38. The molecule has 0 aliphatic rings. The quantitative estimate of drug-likeness (QED) is 0.0534. The predicted octanol–water partition coefficient (Wildman–Crippen LogP) is 10.2. The second-order valence-corrected chi connectivity index (χ2v) is 18.8. The van der Waals surface area contributed by atoms with Crippen molar-refractivity contribution >= 4 is 8.32 Å². The Kier molecular flexibility index (Phi) is 17.2. The van der Waals surface area contributed by atoms with E-state index in [4.69, 9.17) is 28.1 Å². The van der Waals surface area contributed by atoms with Gasteiger partial charge in [-0.3, -0.25) is 0 Å². The summed E-state index contributed by atoms with van der Waals surface area (Å²) in [5, 5.41) is 0.294. The molecule has 0 radical (unpaired) electrons. The maximum absolute atomic E-state index is 6.89. The fourth-order valence-corrected chi connectivity index (χ4v) is 6.57. The molecule has 266 valence electrons. The molecule has 0 aromatic heterocycles. The number of benzene rings is 3. The average Bonchev–Trinajstić information content (AvgIpc) is 3.09. The highest BCUT2D eigenvalue weighted by Crippen LogP contribution is 2.42. The highest BCUT2D eigenvalue weighted by atomic mass is 28.4. The van der Waals surface area contributed by atoms with Gasteiger partial charge in [0.25, 0.3) is 0 Å². The van der Waals surface area contributed by atoms with Gasteiger partial charge in [0.15, 0.2) is 8.32 Å². The number of ether oxygens (including phenoxy) is 5. The summed E-state index contributed by atoms with van der Waals surface area (Å²) in [4.78, 5) is 0. The monoisotopic (exact) mass is 678 g/mol. The van der Waals surface area contributed by atoms with E-state index in [1.54, 1.807) is 14.2 Å². The molecule has 3 aromatic rings. The Hall–Kier alpha value is -2.68. The molecule has 48 heavy (non-hydrogen) atoms. The highest BCUT2D eigenvalue weighted by molar-refractivity contribution is 6.74. The SMILES string of the molecule is COc1ccc(C(OCCCOCCCOCCCCCCCCO[Si](C)(C)C(C)(C)C)(c2ccccc2)c2ccc(OC)cc2)cc1. The summed E-state index contributed by atoms with van der Waals surface area (Å²) in [6.07, 6.45) is 9.04. The van der Waals surface area contributed by atoms with Crippen LogP contribution in [-0.4, -0.2) is 62.2 Å². The van der Waals surface area contributed by atoms with Crippen LogP contribution >= 0.6 is 0 Å². The molecule has 3 rings (SSSR count). The second-order valence-electron chi connectivity index (χ2n) is 14.0. The molecule has 3 aromatic carbocycles. The van der Waals surface area contributed by atoms with Crippen molar-refractivity contribution < 1.29 is 28.1 Å². The largest absolute Gasteiger partial charge is 0.497 e. The molecule has 0 N–H and O–H groups in total. The molecule has 0 aliphatic heterocycles. The number of hydrogen-bond acceptors (Lipinski definition) is 6. The van der Waals surface area contributed by atoms with Crippen LogP contribution in [0.3, 0.4) is 0 Å². The smallest absolute Gasteiger partial charge is 0.191 e. The fraction of sp³-hybridized carbons (Fsp3) is 0.561. The van der Waals surface area contributed by atoms with Gasteiger partial charge in [-0.15, -0.1) is 0 Å². The van der Waals surface area contributed by atoms with E-state index >= 15 is 0 Å².